The number of benzene rings is 3. The molecule has 2 amide bonds. The normalized spacial score (nSPS) is 22.1. The van der Waals surface area contributed by atoms with Crippen molar-refractivity contribution in [3.63, 3.8) is 0 Å². The molecule has 168 valence electrons. The molecule has 0 spiro atoms. The van der Waals surface area contributed by atoms with Crippen LogP contribution in [0.3, 0.4) is 0 Å². The van der Waals surface area contributed by atoms with E-state index in [9.17, 15) is 9.59 Å². The Kier molecular flexibility index (Phi) is 5.83. The van der Waals surface area contributed by atoms with E-state index in [1.54, 1.807) is 35.0 Å². The van der Waals surface area contributed by atoms with Crippen LogP contribution in [0, 0.1) is 5.92 Å². The molecule has 5 rings (SSSR count). The maximum atomic E-state index is 13.8. The molecule has 3 aromatic rings. The van der Waals surface area contributed by atoms with Gasteiger partial charge in [-0.2, -0.15) is 0 Å². The third kappa shape index (κ3) is 3.67. The number of hydrogen-bond acceptors (Lipinski definition) is 6. The molecule has 0 saturated carbocycles. The molecule has 0 bridgehead atoms. The topological polar surface area (TPSA) is 59.1 Å². The van der Waals surface area contributed by atoms with Gasteiger partial charge in [0.05, 0.1) is 24.0 Å². The number of imide groups is 1. The SMILES string of the molecule is CCOc1ccccc1N1C(=O)[C@@H]2[C@H](ON(c3ccccc3)[C@H]2c2ccc(SC)cc2)C1=O. The van der Waals surface area contributed by atoms with Crippen LogP contribution in [-0.4, -0.2) is 30.8 Å². The molecule has 0 aromatic heterocycles. The Morgan fingerprint density at radius 3 is 2.30 bits per heavy atom. The zero-order valence-corrected chi connectivity index (χ0v) is 19.2. The Bertz CT molecular complexity index is 1170. The molecule has 2 heterocycles. The fourth-order valence-electron chi connectivity index (χ4n) is 4.51. The molecule has 3 atom stereocenters. The van der Waals surface area contributed by atoms with Crippen LogP contribution >= 0.6 is 11.8 Å². The van der Waals surface area contributed by atoms with E-state index in [1.165, 1.54) is 4.90 Å². The van der Waals surface area contributed by atoms with Crippen LogP contribution in [0.5, 0.6) is 5.75 Å². The largest absolute Gasteiger partial charge is 0.492 e. The Labute approximate surface area is 197 Å². The lowest BCUT2D eigenvalue weighted by atomic mass is 9.90. The molecule has 2 aliphatic rings. The van der Waals surface area contributed by atoms with Crippen LogP contribution < -0.4 is 14.7 Å². The number of thioether (sulfide) groups is 1. The summed E-state index contributed by atoms with van der Waals surface area (Å²) in [7, 11) is 0. The summed E-state index contributed by atoms with van der Waals surface area (Å²) in [4.78, 5) is 35.8. The quantitative estimate of drug-likeness (QED) is 0.387. The monoisotopic (exact) mass is 460 g/mol. The second kappa shape index (κ2) is 8.92. The van der Waals surface area contributed by atoms with Gasteiger partial charge in [-0.05, 0) is 55.1 Å². The minimum atomic E-state index is -0.905. The highest BCUT2D eigenvalue weighted by Crippen LogP contribution is 2.48. The fraction of sp³-hybridized carbons (Fsp3) is 0.231. The average molecular weight is 461 g/mol. The zero-order chi connectivity index (χ0) is 22.9. The zero-order valence-electron chi connectivity index (χ0n) is 18.4. The van der Waals surface area contributed by atoms with E-state index in [1.807, 2.05) is 73.8 Å². The van der Waals surface area contributed by atoms with E-state index < -0.39 is 18.1 Å². The van der Waals surface area contributed by atoms with Crippen molar-refractivity contribution in [2.45, 2.75) is 24.0 Å². The van der Waals surface area contributed by atoms with Crippen LogP contribution in [0.15, 0.2) is 83.8 Å². The van der Waals surface area contributed by atoms with Gasteiger partial charge in [-0.3, -0.25) is 14.4 Å². The highest BCUT2D eigenvalue weighted by Gasteiger charge is 2.60. The van der Waals surface area contributed by atoms with Gasteiger partial charge in [0.2, 0.25) is 5.91 Å². The lowest BCUT2D eigenvalue weighted by Crippen LogP contribution is -2.37. The first-order chi connectivity index (χ1) is 16.1. The summed E-state index contributed by atoms with van der Waals surface area (Å²) in [6.45, 7) is 2.30. The van der Waals surface area contributed by atoms with Gasteiger partial charge >= 0.3 is 0 Å². The van der Waals surface area contributed by atoms with Crippen molar-refractivity contribution in [1.29, 1.82) is 0 Å². The van der Waals surface area contributed by atoms with Crippen molar-refractivity contribution in [2.24, 2.45) is 5.92 Å². The summed E-state index contributed by atoms with van der Waals surface area (Å²) in [6, 6.07) is 24.3. The smallest absolute Gasteiger partial charge is 0.266 e. The maximum Gasteiger partial charge on any atom is 0.266 e. The van der Waals surface area contributed by atoms with Crippen LogP contribution in [0.4, 0.5) is 11.4 Å². The number of para-hydroxylation sites is 3. The highest BCUT2D eigenvalue weighted by atomic mass is 32.2. The Hall–Kier alpha value is -3.29. The van der Waals surface area contributed by atoms with Crippen molar-refractivity contribution in [2.75, 3.05) is 22.8 Å². The lowest BCUT2D eigenvalue weighted by molar-refractivity contribution is -0.126. The maximum absolute atomic E-state index is 13.8. The number of fused-ring (bicyclic) bond motifs is 1. The summed E-state index contributed by atoms with van der Waals surface area (Å²) in [5.41, 5.74) is 2.17. The molecule has 2 aliphatic heterocycles. The fourth-order valence-corrected chi connectivity index (χ4v) is 4.92. The van der Waals surface area contributed by atoms with Crippen LogP contribution in [-0.2, 0) is 14.4 Å². The molecule has 33 heavy (non-hydrogen) atoms. The Morgan fingerprint density at radius 1 is 0.909 bits per heavy atom. The molecule has 6 nitrogen and oxygen atoms in total. The highest BCUT2D eigenvalue weighted by molar-refractivity contribution is 7.98. The van der Waals surface area contributed by atoms with Gasteiger partial charge in [0.1, 0.15) is 11.7 Å². The van der Waals surface area contributed by atoms with E-state index in [0.717, 1.165) is 16.1 Å². The van der Waals surface area contributed by atoms with Gasteiger partial charge < -0.3 is 4.74 Å². The summed E-state index contributed by atoms with van der Waals surface area (Å²) in [5.74, 6) is -0.828. The van der Waals surface area contributed by atoms with Crippen molar-refractivity contribution in [1.82, 2.24) is 0 Å². The summed E-state index contributed by atoms with van der Waals surface area (Å²) >= 11 is 1.65. The van der Waals surface area contributed by atoms with Gasteiger partial charge in [0.25, 0.3) is 5.91 Å². The molecule has 3 aromatic carbocycles. The van der Waals surface area contributed by atoms with Crippen molar-refractivity contribution in [3.8, 4) is 5.75 Å². The van der Waals surface area contributed by atoms with Gasteiger partial charge in [-0.25, -0.2) is 9.96 Å². The molecule has 0 aliphatic carbocycles. The number of hydroxylamine groups is 1. The number of nitrogens with zero attached hydrogens (tertiary/aromatic N) is 2. The Morgan fingerprint density at radius 2 is 1.61 bits per heavy atom. The molecule has 2 fully saturated rings. The number of hydrogen-bond donors (Lipinski definition) is 0. The molecule has 0 N–H and O–H groups in total. The van der Waals surface area contributed by atoms with E-state index in [2.05, 4.69) is 0 Å². The number of carbonyl (C=O) groups excluding carboxylic acids is 2. The van der Waals surface area contributed by atoms with Gasteiger partial charge in [0, 0.05) is 4.90 Å². The third-order valence-electron chi connectivity index (χ3n) is 5.99. The van der Waals surface area contributed by atoms with E-state index in [-0.39, 0.29) is 11.8 Å². The van der Waals surface area contributed by atoms with Crippen molar-refractivity contribution in [3.05, 3.63) is 84.4 Å². The third-order valence-corrected chi connectivity index (χ3v) is 6.73. The molecular weight excluding hydrogens is 436 g/mol. The first kappa shape index (κ1) is 21.6. The first-order valence-corrected chi connectivity index (χ1v) is 12.1. The standard InChI is InChI=1S/C26H24N2O4S/c1-3-31-21-12-8-7-11-20(21)27-25(29)22-23(17-13-15-19(33-2)16-14-17)28(32-24(22)26(27)30)18-9-5-4-6-10-18/h4-16,22-24H,3H2,1-2H3/t22-,23-,24-/m0/s1. The summed E-state index contributed by atoms with van der Waals surface area (Å²) in [6.07, 6.45) is 1.12. The molecule has 7 heteroatoms. The summed E-state index contributed by atoms with van der Waals surface area (Å²) in [5, 5.41) is 1.71. The molecule has 2 saturated heterocycles. The minimum Gasteiger partial charge on any atom is -0.492 e. The number of anilines is 2. The van der Waals surface area contributed by atoms with Gasteiger partial charge in [-0.15, -0.1) is 11.8 Å². The van der Waals surface area contributed by atoms with Crippen LogP contribution in [0.1, 0.15) is 18.5 Å². The molecular formula is C26H24N2O4S. The minimum absolute atomic E-state index is 0.283. The first-order valence-electron chi connectivity index (χ1n) is 10.9. The second-order valence-electron chi connectivity index (χ2n) is 7.84. The number of ether oxygens (including phenoxy) is 1. The van der Waals surface area contributed by atoms with E-state index >= 15 is 0 Å². The van der Waals surface area contributed by atoms with Crippen molar-refractivity contribution >= 4 is 35.0 Å². The van der Waals surface area contributed by atoms with Gasteiger partial charge in [-0.1, -0.05) is 42.5 Å². The number of amides is 2. The second-order valence-corrected chi connectivity index (χ2v) is 8.72. The Balaban J connectivity index is 1.57. The lowest BCUT2D eigenvalue weighted by Gasteiger charge is -2.29. The van der Waals surface area contributed by atoms with E-state index in [0.29, 0.717) is 18.0 Å². The predicted molar refractivity (Wildman–Crippen MR) is 128 cm³/mol. The van der Waals surface area contributed by atoms with Crippen molar-refractivity contribution < 1.29 is 19.2 Å². The van der Waals surface area contributed by atoms with Crippen LogP contribution in [0.25, 0.3) is 0 Å². The molecule has 0 radical (unpaired) electrons. The number of carbonyl (C=O) groups is 2. The number of rotatable bonds is 6. The van der Waals surface area contributed by atoms with E-state index in [4.69, 9.17) is 9.57 Å². The predicted octanol–water partition coefficient (Wildman–Crippen LogP) is 4.86. The average Bonchev–Trinajstić information content (AvgIpc) is 3.36. The van der Waals surface area contributed by atoms with Crippen LogP contribution in [0.2, 0.25) is 0 Å². The molecule has 0 unspecified atom stereocenters. The van der Waals surface area contributed by atoms with Gasteiger partial charge in [0.15, 0.2) is 6.10 Å². The summed E-state index contributed by atoms with van der Waals surface area (Å²) < 4.78 is 5.70.